The first-order chi connectivity index (χ1) is 5.33. The molecule has 0 aliphatic heterocycles. The second-order valence-corrected chi connectivity index (χ2v) is 4.93. The van der Waals surface area contributed by atoms with E-state index in [0.29, 0.717) is 12.5 Å². The first-order valence-corrected chi connectivity index (χ1v) is 5.66. The van der Waals surface area contributed by atoms with Gasteiger partial charge in [-0.25, -0.2) is 0 Å². The predicted molar refractivity (Wildman–Crippen MR) is 50.4 cm³/mol. The monoisotopic (exact) mass is 190 g/mol. The van der Waals surface area contributed by atoms with Crippen LogP contribution in [-0.4, -0.2) is 20.3 Å². The van der Waals surface area contributed by atoms with Crippen LogP contribution in [0.2, 0.25) is 0 Å². The van der Waals surface area contributed by atoms with Gasteiger partial charge in [0, 0.05) is 0 Å². The van der Waals surface area contributed by atoms with Crippen molar-refractivity contribution in [1.82, 2.24) is 0 Å². The van der Waals surface area contributed by atoms with Crippen molar-refractivity contribution in [2.75, 3.05) is 6.61 Å². The van der Waals surface area contributed by atoms with Gasteiger partial charge in [0.05, 0.1) is 20.2 Å². The third kappa shape index (κ3) is 6.90. The van der Waals surface area contributed by atoms with Crippen molar-refractivity contribution >= 4 is 15.0 Å². The minimum atomic E-state index is -3.30. The molecule has 0 fully saturated rings. The fraction of sp³-hybridized carbons (Fsp3) is 1.00. The Morgan fingerprint density at radius 3 is 2.17 bits per heavy atom. The highest BCUT2D eigenvalue weighted by molar-refractivity contribution is 7.79. The molecule has 0 amide bonds. The summed E-state index contributed by atoms with van der Waals surface area (Å²) in [6.45, 7) is 7.79. The van der Waals surface area contributed by atoms with Crippen LogP contribution in [0, 0.1) is 5.92 Å². The van der Waals surface area contributed by atoms with Crippen LogP contribution in [0.1, 0.15) is 27.7 Å². The number of hydrogen-bond acceptors (Lipinski definition) is 3. The minimum Gasteiger partial charge on any atom is -0.444 e. The molecule has 3 radical (unpaired) electrons. The highest BCUT2D eigenvalue weighted by Crippen LogP contribution is 2.44. The van der Waals surface area contributed by atoms with E-state index in [-0.39, 0.29) is 6.10 Å². The lowest BCUT2D eigenvalue weighted by Crippen LogP contribution is -2.06. The summed E-state index contributed by atoms with van der Waals surface area (Å²) in [6, 6.07) is 0. The van der Waals surface area contributed by atoms with Crippen molar-refractivity contribution in [2.45, 2.75) is 33.8 Å². The Balaban J connectivity index is 3.80. The van der Waals surface area contributed by atoms with E-state index in [4.69, 9.17) is 16.6 Å². The summed E-state index contributed by atoms with van der Waals surface area (Å²) in [6.07, 6.45) is -0.173. The quantitative estimate of drug-likeness (QED) is 0.493. The molecule has 12 heavy (non-hydrogen) atoms. The first-order valence-electron chi connectivity index (χ1n) is 4.05. The average molecular weight is 190 g/mol. The molecule has 0 saturated heterocycles. The van der Waals surface area contributed by atoms with E-state index in [1.807, 2.05) is 13.8 Å². The fourth-order valence-corrected chi connectivity index (χ4v) is 1.73. The molecular weight excluding hydrogens is 174 g/mol. The second-order valence-electron chi connectivity index (χ2n) is 3.38. The molecule has 0 spiro atoms. The van der Waals surface area contributed by atoms with Crippen molar-refractivity contribution in [3.63, 3.8) is 0 Å². The van der Waals surface area contributed by atoms with Crippen molar-refractivity contribution in [3.05, 3.63) is 0 Å². The molecule has 0 aromatic heterocycles. The Hall–Kier alpha value is 0.215. The molecule has 0 aromatic carbocycles. The van der Waals surface area contributed by atoms with E-state index in [1.54, 1.807) is 13.8 Å². The third-order valence-electron chi connectivity index (χ3n) is 0.946. The van der Waals surface area contributed by atoms with E-state index in [9.17, 15) is 4.57 Å². The van der Waals surface area contributed by atoms with Crippen LogP contribution in [0.15, 0.2) is 0 Å². The Kier molecular flexibility index (Phi) is 5.15. The number of rotatable bonds is 5. The SMILES string of the molecule is [B-]P(=O)(OCC(C)C)OC(C)C. The largest absolute Gasteiger partial charge is 0.444 e. The zero-order valence-corrected chi connectivity index (χ0v) is 9.01. The van der Waals surface area contributed by atoms with Gasteiger partial charge < -0.3 is 21.2 Å². The van der Waals surface area contributed by atoms with Crippen molar-refractivity contribution in [2.24, 2.45) is 5.92 Å². The zero-order chi connectivity index (χ0) is 9.78. The smallest absolute Gasteiger partial charge is 0.0580 e. The van der Waals surface area contributed by atoms with Gasteiger partial charge in [-0.05, 0) is 19.8 Å². The summed E-state index contributed by atoms with van der Waals surface area (Å²) >= 11 is 0. The van der Waals surface area contributed by atoms with Crippen LogP contribution in [0.3, 0.4) is 0 Å². The Morgan fingerprint density at radius 1 is 1.33 bits per heavy atom. The van der Waals surface area contributed by atoms with Crippen molar-refractivity contribution < 1.29 is 13.6 Å². The van der Waals surface area contributed by atoms with Crippen molar-refractivity contribution in [3.8, 4) is 0 Å². The van der Waals surface area contributed by atoms with Gasteiger partial charge in [0.1, 0.15) is 0 Å². The van der Waals surface area contributed by atoms with Crippen LogP contribution in [0.4, 0.5) is 0 Å². The molecular formula is C7H16BO3P-. The molecule has 0 bridgehead atoms. The molecule has 3 nitrogen and oxygen atoms in total. The lowest BCUT2D eigenvalue weighted by atomic mass is 10.2. The highest BCUT2D eigenvalue weighted by Gasteiger charge is 2.05. The van der Waals surface area contributed by atoms with E-state index in [2.05, 4.69) is 0 Å². The maximum absolute atomic E-state index is 11.3. The van der Waals surface area contributed by atoms with Gasteiger partial charge in [0.2, 0.25) is 0 Å². The standard InChI is InChI=1S/C7H16BO3P/c1-6(2)5-10-12(8,9)11-7(3)4/h6-7H,5H2,1-4H3/q-1. The molecule has 1 unspecified atom stereocenters. The molecule has 0 heterocycles. The third-order valence-corrected chi connectivity index (χ3v) is 2.17. The summed E-state index contributed by atoms with van der Waals surface area (Å²) in [5.74, 6) is 0.303. The molecule has 0 aromatic rings. The average Bonchev–Trinajstić information content (AvgIpc) is 1.81. The maximum Gasteiger partial charge on any atom is 0.0580 e. The Bertz CT molecular complexity index is 170. The Morgan fingerprint density at radius 2 is 1.83 bits per heavy atom. The molecule has 0 aliphatic carbocycles. The molecule has 5 heteroatoms. The van der Waals surface area contributed by atoms with Gasteiger partial charge in [-0.2, -0.15) is 0 Å². The van der Waals surface area contributed by atoms with Gasteiger partial charge in [-0.1, -0.05) is 13.8 Å². The van der Waals surface area contributed by atoms with Crippen LogP contribution in [0.5, 0.6) is 0 Å². The normalized spacial score (nSPS) is 16.9. The molecule has 71 valence electrons. The van der Waals surface area contributed by atoms with Gasteiger partial charge in [0.25, 0.3) is 0 Å². The zero-order valence-electron chi connectivity index (χ0n) is 8.11. The highest BCUT2D eigenvalue weighted by atomic mass is 31.2. The van der Waals surface area contributed by atoms with Gasteiger partial charge >= 0.3 is 0 Å². The maximum atomic E-state index is 11.3. The topological polar surface area (TPSA) is 35.5 Å². The van der Waals surface area contributed by atoms with E-state index in [1.165, 1.54) is 0 Å². The summed E-state index contributed by atoms with van der Waals surface area (Å²) in [4.78, 5) is 0. The summed E-state index contributed by atoms with van der Waals surface area (Å²) < 4.78 is 21.1. The van der Waals surface area contributed by atoms with Crippen LogP contribution in [0.25, 0.3) is 0 Å². The van der Waals surface area contributed by atoms with E-state index < -0.39 is 7.47 Å². The molecule has 0 N–H and O–H groups in total. The van der Waals surface area contributed by atoms with Crippen molar-refractivity contribution in [1.29, 1.82) is 0 Å². The van der Waals surface area contributed by atoms with Crippen LogP contribution in [-0.2, 0) is 13.6 Å². The lowest BCUT2D eigenvalue weighted by molar-refractivity contribution is 0.169. The lowest BCUT2D eigenvalue weighted by Gasteiger charge is -2.29. The molecule has 0 saturated carbocycles. The summed E-state index contributed by atoms with van der Waals surface area (Å²) in [5.41, 5.74) is 0. The fourth-order valence-electron chi connectivity index (χ4n) is 0.577. The van der Waals surface area contributed by atoms with Gasteiger partial charge in [0.15, 0.2) is 0 Å². The molecule has 0 aliphatic rings. The summed E-state index contributed by atoms with van der Waals surface area (Å²) in [7, 11) is 1.97. The van der Waals surface area contributed by atoms with E-state index >= 15 is 0 Å². The first kappa shape index (κ1) is 12.2. The molecule has 1 atom stereocenters. The second kappa shape index (κ2) is 5.06. The Labute approximate surface area is 75.7 Å². The van der Waals surface area contributed by atoms with E-state index in [0.717, 1.165) is 0 Å². The van der Waals surface area contributed by atoms with Gasteiger partial charge in [-0.15, -0.1) is 0 Å². The van der Waals surface area contributed by atoms with Crippen LogP contribution >= 0.6 is 7.47 Å². The minimum absolute atomic E-state index is 0.173. The number of hydrogen-bond donors (Lipinski definition) is 0. The van der Waals surface area contributed by atoms with Gasteiger partial charge in [-0.3, -0.25) is 0 Å². The molecule has 0 rings (SSSR count). The van der Waals surface area contributed by atoms with Crippen LogP contribution < -0.4 is 0 Å². The summed E-state index contributed by atoms with van der Waals surface area (Å²) in [5, 5.41) is 0. The predicted octanol–water partition coefficient (Wildman–Crippen LogP) is 2.36.